The number of para-hydroxylation sites is 5. The van der Waals surface area contributed by atoms with Crippen LogP contribution in [0.3, 0.4) is 0 Å². The molecule has 0 N–H and O–H groups in total. The molecule has 0 saturated carbocycles. The van der Waals surface area contributed by atoms with Crippen LogP contribution in [0.1, 0.15) is 0 Å². The summed E-state index contributed by atoms with van der Waals surface area (Å²) in [4.78, 5) is 7.82. The van der Waals surface area contributed by atoms with Crippen molar-refractivity contribution in [2.75, 3.05) is 4.90 Å². The normalized spacial score (nSPS) is 11.6. The van der Waals surface area contributed by atoms with Crippen LogP contribution in [0, 0.1) is 0 Å². The van der Waals surface area contributed by atoms with Crippen molar-refractivity contribution in [2.45, 2.75) is 0 Å². The second kappa shape index (κ2) is 13.0. The van der Waals surface area contributed by atoms with E-state index in [0.717, 1.165) is 78.6 Å². The Kier molecular flexibility index (Phi) is 7.42. The second-order valence-electron chi connectivity index (χ2n) is 14.0. The number of nitrogens with zero attached hydrogens (tertiary/aromatic N) is 5. The highest BCUT2D eigenvalue weighted by Gasteiger charge is 2.26. The van der Waals surface area contributed by atoms with Crippen molar-refractivity contribution < 1.29 is 0 Å². The van der Waals surface area contributed by atoms with Crippen LogP contribution in [0.4, 0.5) is 17.1 Å². The summed E-state index contributed by atoms with van der Waals surface area (Å²) in [5.41, 5.74) is 13.1. The maximum Gasteiger partial charge on any atom is 0.165 e. The lowest BCUT2D eigenvalue weighted by molar-refractivity contribution is 1.10. The molecule has 0 aliphatic heterocycles. The second-order valence-corrected chi connectivity index (χ2v) is 14.0. The van der Waals surface area contributed by atoms with Gasteiger partial charge in [0, 0.05) is 55.8 Å². The van der Waals surface area contributed by atoms with Gasteiger partial charge in [0.1, 0.15) is 11.3 Å². The van der Waals surface area contributed by atoms with Gasteiger partial charge in [-0.1, -0.05) is 121 Å². The van der Waals surface area contributed by atoms with Crippen LogP contribution in [0.2, 0.25) is 0 Å². The van der Waals surface area contributed by atoms with Crippen molar-refractivity contribution in [3.8, 4) is 28.5 Å². The molecular weight excluding hydrogens is 683 g/mol. The summed E-state index contributed by atoms with van der Waals surface area (Å²) in [6.45, 7) is 0. The van der Waals surface area contributed by atoms with Crippen LogP contribution in [-0.4, -0.2) is 18.7 Å². The molecule has 0 amide bonds. The van der Waals surface area contributed by atoms with E-state index in [9.17, 15) is 0 Å². The van der Waals surface area contributed by atoms with Gasteiger partial charge in [-0.15, -0.1) is 0 Å². The molecule has 3 heterocycles. The number of aromatic nitrogens is 4. The third-order valence-corrected chi connectivity index (χ3v) is 10.8. The van der Waals surface area contributed by atoms with Crippen molar-refractivity contribution in [1.82, 2.24) is 18.7 Å². The quantitative estimate of drug-likeness (QED) is 0.164. The van der Waals surface area contributed by atoms with E-state index in [0.29, 0.717) is 0 Å². The van der Waals surface area contributed by atoms with Crippen LogP contribution in [-0.2, 0) is 0 Å². The molecule has 0 atom stereocenters. The minimum absolute atomic E-state index is 0.913. The first-order valence-electron chi connectivity index (χ1n) is 19.0. The molecular formula is C51H35N5. The Morgan fingerprint density at radius 2 is 0.839 bits per heavy atom. The highest BCUT2D eigenvalue weighted by Crippen LogP contribution is 2.44. The lowest BCUT2D eigenvalue weighted by Crippen LogP contribution is -2.09. The molecule has 5 heteroatoms. The molecule has 8 aromatic carbocycles. The molecule has 0 aliphatic carbocycles. The molecule has 0 aliphatic rings. The van der Waals surface area contributed by atoms with Gasteiger partial charge in [0.15, 0.2) is 5.65 Å². The molecule has 0 radical (unpaired) electrons. The van der Waals surface area contributed by atoms with E-state index < -0.39 is 0 Å². The number of rotatable bonds is 7. The monoisotopic (exact) mass is 717 g/mol. The minimum Gasteiger partial charge on any atom is -0.311 e. The van der Waals surface area contributed by atoms with Gasteiger partial charge in [-0.3, -0.25) is 9.13 Å². The molecule has 0 fully saturated rings. The summed E-state index contributed by atoms with van der Waals surface area (Å²) in [6, 6.07) is 75.2. The molecule has 0 bridgehead atoms. The van der Waals surface area contributed by atoms with E-state index >= 15 is 0 Å². The maximum atomic E-state index is 5.52. The summed E-state index contributed by atoms with van der Waals surface area (Å²) in [5.74, 6) is 0.913. The zero-order valence-corrected chi connectivity index (χ0v) is 30.4. The number of imidazole rings is 1. The first-order chi connectivity index (χ1) is 27.8. The van der Waals surface area contributed by atoms with Crippen molar-refractivity contribution in [1.29, 1.82) is 0 Å². The average Bonchev–Trinajstić information content (AvgIpc) is 3.93. The van der Waals surface area contributed by atoms with E-state index in [-0.39, 0.29) is 0 Å². The van der Waals surface area contributed by atoms with Gasteiger partial charge in [-0.05, 0) is 91.0 Å². The Balaban J connectivity index is 1.19. The van der Waals surface area contributed by atoms with Crippen molar-refractivity contribution in [3.63, 3.8) is 0 Å². The number of hydrogen-bond donors (Lipinski definition) is 0. The largest absolute Gasteiger partial charge is 0.311 e. The van der Waals surface area contributed by atoms with Gasteiger partial charge in [0.25, 0.3) is 0 Å². The van der Waals surface area contributed by atoms with Crippen LogP contribution < -0.4 is 4.90 Å². The Labute approximate surface area is 324 Å². The van der Waals surface area contributed by atoms with Crippen LogP contribution in [0.5, 0.6) is 0 Å². The predicted octanol–water partition coefficient (Wildman–Crippen LogP) is 13.2. The molecule has 264 valence electrons. The Bertz CT molecular complexity index is 3110. The first kappa shape index (κ1) is 31.9. The van der Waals surface area contributed by atoms with E-state index in [2.05, 4.69) is 231 Å². The zero-order valence-electron chi connectivity index (χ0n) is 30.4. The molecule has 5 nitrogen and oxygen atoms in total. The predicted molar refractivity (Wildman–Crippen MR) is 232 cm³/mol. The topological polar surface area (TPSA) is 30.9 Å². The van der Waals surface area contributed by atoms with Gasteiger partial charge in [-0.25, -0.2) is 4.98 Å². The SMILES string of the molecule is c1ccc(-c2nc3c(c4ccc5c(c6ccccc6n5-c5ccc(N(c6ccccc6)c6ccccc6)cc5)c4n3-c3ccccc3)n2-c2ccccc2)cc1. The molecule has 11 aromatic rings. The fourth-order valence-electron chi connectivity index (χ4n) is 8.45. The highest BCUT2D eigenvalue weighted by molar-refractivity contribution is 6.25. The van der Waals surface area contributed by atoms with Gasteiger partial charge < -0.3 is 9.47 Å². The summed E-state index contributed by atoms with van der Waals surface area (Å²) < 4.78 is 7.11. The molecule has 56 heavy (non-hydrogen) atoms. The van der Waals surface area contributed by atoms with Gasteiger partial charge >= 0.3 is 0 Å². The van der Waals surface area contributed by atoms with Crippen molar-refractivity contribution >= 4 is 60.9 Å². The number of benzene rings is 8. The van der Waals surface area contributed by atoms with Gasteiger partial charge in [-0.2, -0.15) is 0 Å². The van der Waals surface area contributed by atoms with Crippen molar-refractivity contribution in [2.24, 2.45) is 0 Å². The van der Waals surface area contributed by atoms with E-state index in [1.165, 1.54) is 10.8 Å². The lowest BCUT2D eigenvalue weighted by atomic mass is 10.1. The summed E-state index contributed by atoms with van der Waals surface area (Å²) in [7, 11) is 0. The highest BCUT2D eigenvalue weighted by atomic mass is 15.2. The molecule has 0 unspecified atom stereocenters. The third-order valence-electron chi connectivity index (χ3n) is 10.8. The van der Waals surface area contributed by atoms with Gasteiger partial charge in [0.2, 0.25) is 0 Å². The Morgan fingerprint density at radius 3 is 1.46 bits per heavy atom. The van der Waals surface area contributed by atoms with Crippen LogP contribution >= 0.6 is 0 Å². The summed E-state index contributed by atoms with van der Waals surface area (Å²) >= 11 is 0. The molecule has 0 saturated heterocycles. The fraction of sp³-hybridized carbons (Fsp3) is 0. The molecule has 11 rings (SSSR count). The summed E-state index contributed by atoms with van der Waals surface area (Å²) in [6.07, 6.45) is 0. The van der Waals surface area contributed by atoms with E-state index in [1.807, 2.05) is 0 Å². The summed E-state index contributed by atoms with van der Waals surface area (Å²) in [5, 5.41) is 3.54. The van der Waals surface area contributed by atoms with Gasteiger partial charge in [0.05, 0.1) is 16.6 Å². The minimum atomic E-state index is 0.913. The zero-order chi connectivity index (χ0) is 37.0. The molecule has 3 aromatic heterocycles. The average molecular weight is 718 g/mol. The Hall–Kier alpha value is -7.63. The molecule has 0 spiro atoms. The lowest BCUT2D eigenvalue weighted by Gasteiger charge is -2.25. The van der Waals surface area contributed by atoms with Crippen LogP contribution in [0.25, 0.3) is 72.3 Å². The van der Waals surface area contributed by atoms with Crippen molar-refractivity contribution in [3.05, 3.63) is 212 Å². The standard InChI is InChI=1S/C51H35N5/c1-6-18-36(19-7-1)50-52-51-49(56(50)40-26-14-5-15-27-40)44-34-35-46-47(48(44)55(51)39-24-12-4-13-25-39)43-28-16-17-29-45(43)54(46)42-32-30-41(31-33-42)53(37-20-8-2-9-21-37)38-22-10-3-11-23-38/h1-35H. The number of hydrogen-bond acceptors (Lipinski definition) is 2. The number of anilines is 3. The van der Waals surface area contributed by atoms with E-state index in [4.69, 9.17) is 4.98 Å². The van der Waals surface area contributed by atoms with E-state index in [1.54, 1.807) is 0 Å². The first-order valence-corrected chi connectivity index (χ1v) is 19.0. The third kappa shape index (κ3) is 4.99. The Morgan fingerprint density at radius 1 is 0.339 bits per heavy atom. The van der Waals surface area contributed by atoms with Crippen LogP contribution in [0.15, 0.2) is 212 Å². The fourth-order valence-corrected chi connectivity index (χ4v) is 8.45. The smallest absolute Gasteiger partial charge is 0.165 e. The number of fused-ring (bicyclic) bond motifs is 7. The maximum absolute atomic E-state index is 5.52.